The Morgan fingerprint density at radius 3 is 0.950 bits per heavy atom. The molecule has 16 heterocycles. The Morgan fingerprint density at radius 1 is 0.371 bits per heavy atom. The first-order chi connectivity index (χ1) is 66.8. The van der Waals surface area contributed by atoms with Gasteiger partial charge in [0.2, 0.25) is 0 Å². The molecule has 0 unspecified atom stereocenters. The maximum atomic E-state index is 13.8. The van der Waals surface area contributed by atoms with Crippen LogP contribution in [0.5, 0.6) is 0 Å². The van der Waals surface area contributed by atoms with Gasteiger partial charge in [-0.3, -0.25) is 38.4 Å². The van der Waals surface area contributed by atoms with Crippen LogP contribution in [0.2, 0.25) is 0 Å². The Bertz CT molecular complexity index is 5910. The third-order valence-corrected chi connectivity index (χ3v) is 35.5. The van der Waals surface area contributed by atoms with Crippen LogP contribution in [0.15, 0.2) is 49.1 Å². The second-order valence-corrected chi connectivity index (χ2v) is 47.5. The Balaban J connectivity index is 0.000000124. The van der Waals surface area contributed by atoms with Crippen molar-refractivity contribution in [3.8, 4) is 41.8 Å². The van der Waals surface area contributed by atoms with Crippen LogP contribution in [0.1, 0.15) is 352 Å². The van der Waals surface area contributed by atoms with E-state index in [-0.39, 0.29) is 141 Å². The van der Waals surface area contributed by atoms with E-state index in [1.165, 1.54) is 71.0 Å². The first-order valence-corrected chi connectivity index (χ1v) is 54.4. The van der Waals surface area contributed by atoms with Crippen molar-refractivity contribution >= 4 is 116 Å². The molecule has 140 heavy (non-hydrogen) atoms. The number of amides is 8. The predicted molar refractivity (Wildman–Crippen MR) is 545 cm³/mol. The molecular weight excluding hydrogens is 1850 g/mol. The highest BCUT2D eigenvalue weighted by Gasteiger charge is 2.50. The van der Waals surface area contributed by atoms with Crippen molar-refractivity contribution in [1.29, 1.82) is 0 Å². The summed E-state index contributed by atoms with van der Waals surface area (Å²) in [7, 11) is 0. The summed E-state index contributed by atoms with van der Waals surface area (Å²) < 4.78 is 0. The molecule has 13 aliphatic rings. The number of aliphatic hydroxyl groups is 4. The molecular formula is C104H138N20O12S4. The maximum Gasteiger partial charge on any atom is 0.280 e. The van der Waals surface area contributed by atoms with E-state index in [1.807, 2.05) is 77.8 Å². The molecule has 36 heteroatoms. The first kappa shape index (κ1) is 100. The minimum absolute atomic E-state index is 0.0596. The molecule has 13 fully saturated rings. The van der Waals surface area contributed by atoms with Crippen LogP contribution in [0.4, 0.5) is 23.3 Å². The summed E-state index contributed by atoms with van der Waals surface area (Å²) in [5, 5.41) is 66.5. The highest BCUT2D eigenvalue weighted by molar-refractivity contribution is 7.18. The zero-order valence-corrected chi connectivity index (χ0v) is 86.3. The Hall–Kier alpha value is -10.1. The van der Waals surface area contributed by atoms with Gasteiger partial charge in [0, 0.05) is 125 Å². The van der Waals surface area contributed by atoms with Crippen LogP contribution in [0, 0.1) is 39.5 Å². The van der Waals surface area contributed by atoms with Crippen LogP contribution >= 0.6 is 45.3 Å². The van der Waals surface area contributed by atoms with Crippen molar-refractivity contribution in [2.75, 3.05) is 21.3 Å². The lowest BCUT2D eigenvalue weighted by atomic mass is 9.89. The number of aliphatic hydroxyl groups excluding tert-OH is 3. The largest absolute Gasteiger partial charge is 0.393 e. The predicted octanol–water partition coefficient (Wildman–Crippen LogP) is 16.0. The summed E-state index contributed by atoms with van der Waals surface area (Å²) in [5.74, 6) is 2.98. The summed E-state index contributed by atoms with van der Waals surface area (Å²) in [5.41, 5.74) is 7.39. The van der Waals surface area contributed by atoms with Crippen molar-refractivity contribution in [3.63, 3.8) is 0 Å². The first-order valence-electron chi connectivity index (χ1n) is 51.1. The molecule has 32 nitrogen and oxygen atoms in total. The minimum Gasteiger partial charge on any atom is -0.393 e. The van der Waals surface area contributed by atoms with Gasteiger partial charge in [-0.1, -0.05) is 0 Å². The number of anilines is 4. The Morgan fingerprint density at radius 2 is 0.679 bits per heavy atom. The fourth-order valence-electron chi connectivity index (χ4n) is 22.5. The number of nitrogens with one attached hydrogen (secondary N) is 8. The van der Waals surface area contributed by atoms with Gasteiger partial charge in [-0.25, -0.2) is 39.9 Å². The van der Waals surface area contributed by atoms with Gasteiger partial charge in [-0.2, -0.15) is 0 Å². The average molecular weight is 1990 g/mol. The molecule has 8 aromatic heterocycles. The number of aromatic nitrogens is 8. The van der Waals surface area contributed by atoms with Gasteiger partial charge in [-0.15, -0.1) is 45.3 Å². The summed E-state index contributed by atoms with van der Waals surface area (Å²) in [4.78, 5) is 155. The van der Waals surface area contributed by atoms with Crippen molar-refractivity contribution in [1.82, 2.24) is 80.7 Å². The number of nitrogens with zero attached hydrogens (tertiary/aromatic N) is 12. The molecule has 0 spiro atoms. The molecule has 750 valence electrons. The number of rotatable bonds is 26. The fraction of sp³-hybridized carbons (Fsp3) is 0.615. The molecule has 8 aromatic rings. The van der Waals surface area contributed by atoms with Crippen LogP contribution < -0.4 is 42.5 Å². The van der Waals surface area contributed by atoms with Crippen molar-refractivity contribution in [3.05, 3.63) is 114 Å². The number of pyridine rings is 4. The SMILES string of the molecule is Cc1cc(NC(C)(C)C)ncc1-c1sc(C(=O)N[C@H]2CCC[C@@H]2O)nc1C(=O)N1C2CCC1CC2.Cc1cc(NC(C)C)ncc1-c1sc(C(=O)N[C@H](C)C(C)(C)O)nc1C(=O)N1C2CCC1CC2.Cc1cc(N[C@H](C)C2CC2)ncc1-c1sc(C(=O)N[C@H]2CC[C@@H]2O)nc1C(=O)N1C2CCC1CC2.Cc1cc(N[C@H](C)C2CC2)ncc1-c1sc(C(=O)N[C@H]2CC[C@H](O)C2)nc1C(=O)N1C2CCC1CC2. The molecule has 0 aromatic carbocycles. The van der Waals surface area contributed by atoms with Crippen LogP contribution in [-0.4, -0.2) is 247 Å². The zero-order valence-electron chi connectivity index (χ0n) is 83.0. The standard InChI is InChI=1S/C27H35N5O3S.C26H33N5O3S.C26H35N5O3S.C25H35N5O3S/c1-14-11-22(29-15(2)16-3-4-16)28-13-21(14)24-23(27(35)32-18-6-7-19(32)9-8-18)31-26(36-24)25(34)30-17-5-10-20(33)12-17;1-13-11-21(28-14(2)15-3-4-15)27-12-18(13)23-22(26(34)31-16-5-6-17(31)8-7-16)30-25(35-23)24(33)29-19-9-10-20(19)32;1-14-12-20(30-26(2,3)4)27-13-17(14)22-21(25(34)31-15-8-9-16(31)11-10-15)29-24(35-22)23(33)28-18-6-5-7-19(18)32;1-13(2)27-19-11-14(3)18(12-26-19)21-20(24(32)30-16-7-8-17(30)10-9-16)29-23(34-21)22(31)28-15(4)25(5,6)33/h11,13,15-20,33H,3-10,12H2,1-2H3,(H,28,29)(H,30,34);11-12,14-17,19-20,32H,3-10H2,1-2H3,(H,27,28)(H,29,33);12-13,15-16,18-19,32H,5-11H2,1-4H3,(H,27,30)(H,28,33);11-13,15-17,33H,7-10H2,1-6H3,(H,26,27)(H,28,31)/t15-,17+,18?,19?,20+;14-,16?,17?,19+,20+;15?,16?,18-,19-;15-,16?,17?/m1101/s1. The summed E-state index contributed by atoms with van der Waals surface area (Å²) in [6.45, 7) is 27.8. The molecule has 8 bridgehead atoms. The fourth-order valence-corrected chi connectivity index (χ4v) is 26.6. The number of aryl methyl sites for hydroxylation is 4. The third kappa shape index (κ3) is 21.9. The average Bonchev–Trinajstić information content (AvgIpc) is 1.62. The van der Waals surface area contributed by atoms with E-state index < -0.39 is 29.8 Å². The zero-order chi connectivity index (χ0) is 98.9. The Kier molecular flexibility index (Phi) is 29.5. The van der Waals surface area contributed by atoms with Crippen molar-refractivity contribution < 1.29 is 58.8 Å². The second-order valence-electron chi connectivity index (χ2n) is 43.5. The van der Waals surface area contributed by atoms with E-state index in [0.717, 1.165) is 207 Å². The quantitative estimate of drug-likeness (QED) is 0.0239. The number of hydrogen-bond donors (Lipinski definition) is 12. The van der Waals surface area contributed by atoms with E-state index >= 15 is 0 Å². The van der Waals surface area contributed by atoms with E-state index in [0.29, 0.717) is 86.1 Å². The number of carbonyl (C=O) groups is 8. The molecule has 9 atom stereocenters. The van der Waals surface area contributed by atoms with E-state index in [2.05, 4.69) is 131 Å². The van der Waals surface area contributed by atoms with Gasteiger partial charge in [0.25, 0.3) is 47.3 Å². The summed E-state index contributed by atoms with van der Waals surface area (Å²) >= 11 is 4.96. The van der Waals surface area contributed by atoms with Crippen molar-refractivity contribution in [2.24, 2.45) is 11.8 Å². The Labute approximate surface area is 835 Å². The smallest absolute Gasteiger partial charge is 0.280 e. The van der Waals surface area contributed by atoms with Gasteiger partial charge < -0.3 is 82.6 Å². The van der Waals surface area contributed by atoms with Gasteiger partial charge in [-0.05, 0) is 335 Å². The van der Waals surface area contributed by atoms with Crippen LogP contribution in [0.3, 0.4) is 0 Å². The maximum absolute atomic E-state index is 13.8. The topological polar surface area (TPSA) is 430 Å². The molecule has 12 N–H and O–H groups in total. The van der Waals surface area contributed by atoms with Gasteiger partial charge >= 0.3 is 0 Å². The highest BCUT2D eigenvalue weighted by atomic mass is 32.1. The lowest BCUT2D eigenvalue weighted by Gasteiger charge is -2.32. The number of carbonyl (C=O) groups excluding carboxylic acids is 8. The van der Waals surface area contributed by atoms with Gasteiger partial charge in [0.15, 0.2) is 20.0 Å². The highest BCUT2D eigenvalue weighted by Crippen LogP contribution is 2.49. The molecule has 8 amide bonds. The monoisotopic (exact) mass is 1990 g/mol. The normalized spacial score (nSPS) is 25.6. The summed E-state index contributed by atoms with van der Waals surface area (Å²) in [6.07, 6.45) is 33.2. The molecule has 8 aliphatic heterocycles. The third-order valence-electron chi connectivity index (χ3n) is 31.1. The van der Waals surface area contributed by atoms with E-state index in [9.17, 15) is 58.8 Å². The summed E-state index contributed by atoms with van der Waals surface area (Å²) in [6, 6.07) is 10.1. The lowest BCUT2D eigenvalue weighted by molar-refractivity contribution is 0.0408. The minimum atomic E-state index is -1.08. The van der Waals surface area contributed by atoms with Crippen LogP contribution in [0.25, 0.3) is 41.8 Å². The van der Waals surface area contributed by atoms with Gasteiger partial charge in [0.1, 0.15) is 46.0 Å². The van der Waals surface area contributed by atoms with Gasteiger partial charge in [0.05, 0.1) is 61.5 Å². The number of fused-ring (bicyclic) bond motifs is 8. The molecule has 21 rings (SSSR count). The molecule has 5 aliphatic carbocycles. The number of hydrogen-bond acceptors (Lipinski definition) is 28. The molecule has 5 saturated carbocycles. The van der Waals surface area contributed by atoms with Crippen LogP contribution in [-0.2, 0) is 0 Å². The molecule has 0 radical (unpaired) electrons. The van der Waals surface area contributed by atoms with E-state index in [1.54, 1.807) is 39.4 Å². The van der Waals surface area contributed by atoms with Crippen molar-refractivity contribution in [2.45, 2.75) is 397 Å². The molecule has 8 saturated heterocycles. The second kappa shape index (κ2) is 41.3. The lowest BCUT2D eigenvalue weighted by Crippen LogP contribution is -2.50. The number of thiazole rings is 4. The van der Waals surface area contributed by atoms with E-state index in [4.69, 9.17) is 0 Å².